The van der Waals surface area contributed by atoms with Crippen LogP contribution in [0.25, 0.3) is 6.08 Å². The monoisotopic (exact) mass is 287 g/mol. The third kappa shape index (κ3) is 3.72. The molecular weight excluding hydrogens is 266 g/mol. The Balaban J connectivity index is 2.03. The molecular formula is C17H21NO3. The molecule has 4 nitrogen and oxygen atoms in total. The average molecular weight is 287 g/mol. The Morgan fingerprint density at radius 1 is 1.29 bits per heavy atom. The molecule has 0 aliphatic carbocycles. The summed E-state index contributed by atoms with van der Waals surface area (Å²) in [4.78, 5) is 24.6. The van der Waals surface area contributed by atoms with Gasteiger partial charge in [0.1, 0.15) is 6.04 Å². The van der Waals surface area contributed by atoms with Gasteiger partial charge in [0.25, 0.3) is 0 Å². The van der Waals surface area contributed by atoms with Gasteiger partial charge in [-0.1, -0.05) is 38.1 Å². The van der Waals surface area contributed by atoms with Crippen LogP contribution in [0, 0.1) is 0 Å². The van der Waals surface area contributed by atoms with Crippen LogP contribution in [0.4, 0.5) is 0 Å². The molecule has 1 aliphatic heterocycles. The van der Waals surface area contributed by atoms with Gasteiger partial charge in [0.15, 0.2) is 0 Å². The minimum absolute atomic E-state index is 0.229. The topological polar surface area (TPSA) is 57.6 Å². The van der Waals surface area contributed by atoms with Crippen molar-refractivity contribution < 1.29 is 14.7 Å². The zero-order chi connectivity index (χ0) is 15.4. The van der Waals surface area contributed by atoms with Crippen molar-refractivity contribution in [2.24, 2.45) is 0 Å². The molecule has 4 heteroatoms. The summed E-state index contributed by atoms with van der Waals surface area (Å²) in [5, 5.41) is 9.08. The Kier molecular flexibility index (Phi) is 4.78. The maximum Gasteiger partial charge on any atom is 0.326 e. The number of amides is 1. The van der Waals surface area contributed by atoms with Crippen molar-refractivity contribution in [2.75, 3.05) is 6.54 Å². The van der Waals surface area contributed by atoms with Crippen LogP contribution in [0.2, 0.25) is 0 Å². The molecule has 1 atom stereocenters. The molecule has 21 heavy (non-hydrogen) atoms. The highest BCUT2D eigenvalue weighted by molar-refractivity contribution is 5.94. The normalized spacial score (nSPS) is 18.6. The molecule has 1 N–H and O–H groups in total. The van der Waals surface area contributed by atoms with Crippen LogP contribution in [-0.4, -0.2) is 34.5 Å². The first-order valence-electron chi connectivity index (χ1n) is 7.30. The highest BCUT2D eigenvalue weighted by atomic mass is 16.4. The fourth-order valence-electron chi connectivity index (χ4n) is 2.54. The van der Waals surface area contributed by atoms with E-state index < -0.39 is 12.0 Å². The van der Waals surface area contributed by atoms with Crippen molar-refractivity contribution in [1.29, 1.82) is 0 Å². The number of rotatable bonds is 4. The number of carbonyl (C=O) groups excluding carboxylic acids is 1. The van der Waals surface area contributed by atoms with E-state index in [0.717, 1.165) is 12.0 Å². The minimum atomic E-state index is -0.921. The number of hydrogen-bond acceptors (Lipinski definition) is 2. The Labute approximate surface area is 125 Å². The summed E-state index contributed by atoms with van der Waals surface area (Å²) in [6.45, 7) is 4.79. The number of likely N-dealkylation sites (tertiary alicyclic amines) is 1. The van der Waals surface area contributed by atoms with E-state index in [0.29, 0.717) is 18.9 Å². The molecule has 0 aromatic heterocycles. The number of hydrogen-bond donors (Lipinski definition) is 1. The molecule has 1 aliphatic rings. The van der Waals surface area contributed by atoms with Gasteiger partial charge < -0.3 is 10.0 Å². The van der Waals surface area contributed by atoms with Gasteiger partial charge >= 0.3 is 5.97 Å². The first-order chi connectivity index (χ1) is 9.99. The van der Waals surface area contributed by atoms with E-state index in [1.165, 1.54) is 16.5 Å². The predicted octanol–water partition coefficient (Wildman–Crippen LogP) is 2.90. The van der Waals surface area contributed by atoms with E-state index in [1.54, 1.807) is 6.08 Å². The zero-order valence-corrected chi connectivity index (χ0v) is 12.5. The summed E-state index contributed by atoms with van der Waals surface area (Å²) in [5.74, 6) is -0.672. The Morgan fingerprint density at radius 2 is 1.95 bits per heavy atom. The summed E-state index contributed by atoms with van der Waals surface area (Å²) >= 11 is 0. The quantitative estimate of drug-likeness (QED) is 0.866. The van der Waals surface area contributed by atoms with Crippen molar-refractivity contribution in [3.05, 3.63) is 41.5 Å². The molecule has 2 rings (SSSR count). The SMILES string of the molecule is CC(C)c1ccc(C=CC(=O)N2CCC[C@@H]2C(=O)O)cc1. The van der Waals surface area contributed by atoms with E-state index in [1.807, 2.05) is 24.3 Å². The Bertz CT molecular complexity index is 546. The maximum atomic E-state index is 12.1. The third-order valence-electron chi connectivity index (χ3n) is 3.84. The summed E-state index contributed by atoms with van der Waals surface area (Å²) in [7, 11) is 0. The van der Waals surface area contributed by atoms with Gasteiger partial charge in [-0.05, 0) is 36.0 Å². The van der Waals surface area contributed by atoms with Crippen molar-refractivity contribution in [2.45, 2.75) is 38.6 Å². The molecule has 112 valence electrons. The van der Waals surface area contributed by atoms with Gasteiger partial charge in [-0.3, -0.25) is 4.79 Å². The van der Waals surface area contributed by atoms with Crippen molar-refractivity contribution in [3.8, 4) is 0 Å². The lowest BCUT2D eigenvalue weighted by Crippen LogP contribution is -2.39. The van der Waals surface area contributed by atoms with Crippen LogP contribution in [-0.2, 0) is 9.59 Å². The number of benzene rings is 1. The van der Waals surface area contributed by atoms with E-state index in [9.17, 15) is 9.59 Å². The summed E-state index contributed by atoms with van der Waals surface area (Å²) in [6, 6.07) is 7.36. The number of carbonyl (C=O) groups is 2. The van der Waals surface area contributed by atoms with Gasteiger partial charge in [-0.15, -0.1) is 0 Å². The van der Waals surface area contributed by atoms with Gasteiger partial charge in [-0.2, -0.15) is 0 Å². The number of aliphatic carboxylic acids is 1. The standard InChI is InChI=1S/C17H21NO3/c1-12(2)14-8-5-13(6-9-14)7-10-16(19)18-11-3-4-15(18)17(20)21/h5-10,12,15H,3-4,11H2,1-2H3,(H,20,21)/t15-/m1/s1. The van der Waals surface area contributed by atoms with Crippen LogP contribution in [0.15, 0.2) is 30.3 Å². The smallest absolute Gasteiger partial charge is 0.326 e. The molecule has 0 saturated carbocycles. The number of carboxylic acid groups (broad SMARTS) is 1. The second-order valence-corrected chi connectivity index (χ2v) is 5.68. The third-order valence-corrected chi connectivity index (χ3v) is 3.84. The first-order valence-corrected chi connectivity index (χ1v) is 7.30. The summed E-state index contributed by atoms with van der Waals surface area (Å²) in [6.07, 6.45) is 4.49. The van der Waals surface area contributed by atoms with Gasteiger partial charge in [0.2, 0.25) is 5.91 Å². The number of nitrogens with zero attached hydrogens (tertiary/aromatic N) is 1. The van der Waals surface area contributed by atoms with Crippen molar-refractivity contribution in [3.63, 3.8) is 0 Å². The average Bonchev–Trinajstić information content (AvgIpc) is 2.95. The fourth-order valence-corrected chi connectivity index (χ4v) is 2.54. The molecule has 1 amide bonds. The van der Waals surface area contributed by atoms with Gasteiger partial charge in [-0.25, -0.2) is 4.79 Å². The van der Waals surface area contributed by atoms with E-state index in [2.05, 4.69) is 13.8 Å². The van der Waals surface area contributed by atoms with E-state index in [4.69, 9.17) is 5.11 Å². The molecule has 0 radical (unpaired) electrons. The zero-order valence-electron chi connectivity index (χ0n) is 12.5. The predicted molar refractivity (Wildman–Crippen MR) is 81.9 cm³/mol. The lowest BCUT2D eigenvalue weighted by molar-refractivity contribution is -0.146. The molecule has 1 saturated heterocycles. The molecule has 1 aromatic carbocycles. The fraction of sp³-hybridized carbons (Fsp3) is 0.412. The highest BCUT2D eigenvalue weighted by Gasteiger charge is 2.32. The summed E-state index contributed by atoms with van der Waals surface area (Å²) < 4.78 is 0. The molecule has 1 aromatic rings. The molecule has 0 bridgehead atoms. The summed E-state index contributed by atoms with van der Waals surface area (Å²) in [5.41, 5.74) is 2.20. The second kappa shape index (κ2) is 6.57. The van der Waals surface area contributed by atoms with Crippen LogP contribution >= 0.6 is 0 Å². The molecule has 1 heterocycles. The highest BCUT2D eigenvalue weighted by Crippen LogP contribution is 2.19. The Morgan fingerprint density at radius 3 is 2.52 bits per heavy atom. The van der Waals surface area contributed by atoms with Crippen LogP contribution in [0.1, 0.15) is 43.7 Å². The first kappa shape index (κ1) is 15.3. The largest absolute Gasteiger partial charge is 0.480 e. The second-order valence-electron chi connectivity index (χ2n) is 5.68. The lowest BCUT2D eigenvalue weighted by Gasteiger charge is -2.19. The van der Waals surface area contributed by atoms with Crippen molar-refractivity contribution >= 4 is 18.0 Å². The Hall–Kier alpha value is -2.10. The minimum Gasteiger partial charge on any atom is -0.480 e. The number of carboxylic acids is 1. The maximum absolute atomic E-state index is 12.1. The lowest BCUT2D eigenvalue weighted by atomic mass is 10.0. The van der Waals surface area contributed by atoms with Gasteiger partial charge in [0, 0.05) is 12.6 Å². The molecule has 0 spiro atoms. The van der Waals surface area contributed by atoms with Crippen LogP contribution < -0.4 is 0 Å². The molecule has 0 unspecified atom stereocenters. The van der Waals surface area contributed by atoms with Crippen LogP contribution in [0.3, 0.4) is 0 Å². The van der Waals surface area contributed by atoms with Gasteiger partial charge in [0.05, 0.1) is 0 Å². The van der Waals surface area contributed by atoms with E-state index in [-0.39, 0.29) is 5.91 Å². The van der Waals surface area contributed by atoms with Crippen molar-refractivity contribution in [1.82, 2.24) is 4.90 Å². The molecule has 1 fully saturated rings. The van der Waals surface area contributed by atoms with E-state index >= 15 is 0 Å². The van der Waals surface area contributed by atoms with Crippen LogP contribution in [0.5, 0.6) is 0 Å².